The molecule has 0 bridgehead atoms. The van der Waals surface area contributed by atoms with Gasteiger partial charge >= 0.3 is 4.87 Å². The summed E-state index contributed by atoms with van der Waals surface area (Å²) in [5.74, 6) is 0.701. The van der Waals surface area contributed by atoms with Crippen LogP contribution < -0.4 is 4.87 Å². The zero-order chi connectivity index (χ0) is 15.8. The Morgan fingerprint density at radius 2 is 1.83 bits per heavy atom. The van der Waals surface area contributed by atoms with E-state index in [1.54, 1.807) is 4.57 Å². The number of nitrogens with one attached hydrogen (secondary N) is 1. The minimum atomic E-state index is -0.000250. The zero-order valence-corrected chi connectivity index (χ0v) is 13.6. The molecule has 0 atom stereocenters. The lowest BCUT2D eigenvalue weighted by molar-refractivity contribution is 0.734. The number of fused-ring (bicyclic) bond motifs is 1. The van der Waals surface area contributed by atoms with E-state index in [1.165, 1.54) is 11.3 Å². The van der Waals surface area contributed by atoms with Gasteiger partial charge in [0.05, 0.1) is 16.8 Å². The van der Waals surface area contributed by atoms with Crippen LogP contribution in [0.15, 0.2) is 59.4 Å². The Balaban J connectivity index is 1.86. The number of rotatable bonds is 3. The molecule has 0 aliphatic heterocycles. The monoisotopic (exact) mass is 340 g/mol. The third-order valence-electron chi connectivity index (χ3n) is 3.63. The molecule has 0 spiro atoms. The maximum atomic E-state index is 12.3. The van der Waals surface area contributed by atoms with Crippen molar-refractivity contribution in [3.05, 3.63) is 74.9 Å². The molecule has 0 saturated carbocycles. The number of aromatic amines is 1. The number of nitrogens with zero attached hydrogens (tertiary/aromatic N) is 3. The summed E-state index contributed by atoms with van der Waals surface area (Å²) in [4.78, 5) is 12.3. The highest BCUT2D eigenvalue weighted by atomic mass is 32.1. The maximum absolute atomic E-state index is 12.3. The van der Waals surface area contributed by atoms with Gasteiger partial charge in [-0.3, -0.25) is 19.0 Å². The van der Waals surface area contributed by atoms with Gasteiger partial charge in [0.1, 0.15) is 0 Å². The van der Waals surface area contributed by atoms with E-state index >= 15 is 0 Å². The molecule has 0 aliphatic rings. The van der Waals surface area contributed by atoms with E-state index in [0.29, 0.717) is 17.1 Å². The summed E-state index contributed by atoms with van der Waals surface area (Å²) < 4.78 is 5.06. The first kappa shape index (κ1) is 14.1. The summed E-state index contributed by atoms with van der Waals surface area (Å²) in [6, 6.07) is 17.5. The lowest BCUT2D eigenvalue weighted by atomic mass is 10.3. The van der Waals surface area contributed by atoms with Crippen molar-refractivity contribution in [3.63, 3.8) is 0 Å². The van der Waals surface area contributed by atoms with E-state index in [9.17, 15) is 4.79 Å². The van der Waals surface area contributed by atoms with Gasteiger partial charge in [-0.15, -0.1) is 0 Å². The minimum absolute atomic E-state index is 0.000250. The van der Waals surface area contributed by atoms with Gasteiger partial charge in [0, 0.05) is 5.69 Å². The Hall–Kier alpha value is -2.51. The molecule has 23 heavy (non-hydrogen) atoms. The predicted octanol–water partition coefficient (Wildman–Crippen LogP) is 3.35. The molecule has 5 nitrogen and oxygen atoms in total. The normalized spacial score (nSPS) is 11.1. The summed E-state index contributed by atoms with van der Waals surface area (Å²) in [5.41, 5.74) is 1.84. The number of hydrogen-bond donors (Lipinski definition) is 1. The molecule has 2 aromatic carbocycles. The van der Waals surface area contributed by atoms with Crippen molar-refractivity contribution >= 4 is 33.8 Å². The van der Waals surface area contributed by atoms with Crippen molar-refractivity contribution in [2.24, 2.45) is 0 Å². The van der Waals surface area contributed by atoms with E-state index in [-0.39, 0.29) is 4.87 Å². The molecule has 114 valence electrons. The minimum Gasteiger partial charge on any atom is -0.291 e. The Morgan fingerprint density at radius 3 is 2.65 bits per heavy atom. The molecule has 0 radical (unpaired) electrons. The molecule has 7 heteroatoms. The molecule has 1 N–H and O–H groups in total. The fraction of sp³-hybridized carbons (Fsp3) is 0.0625. The highest BCUT2D eigenvalue weighted by molar-refractivity contribution is 7.71. The molecule has 4 rings (SSSR count). The van der Waals surface area contributed by atoms with E-state index in [2.05, 4.69) is 10.2 Å². The van der Waals surface area contributed by atoms with Crippen LogP contribution in [0.25, 0.3) is 15.9 Å². The largest absolute Gasteiger partial charge is 0.308 e. The molecule has 0 amide bonds. The van der Waals surface area contributed by atoms with Gasteiger partial charge in [0.15, 0.2) is 10.6 Å². The topological polar surface area (TPSA) is 55.6 Å². The molecule has 4 aromatic rings. The number of para-hydroxylation sites is 2. The number of hydrogen-bond acceptors (Lipinski definition) is 4. The molecule has 0 fully saturated rings. The van der Waals surface area contributed by atoms with Gasteiger partial charge < -0.3 is 0 Å². The standard InChI is InChI=1S/C16H12N4OS2/c21-16-19(12-8-4-5-9-13(12)23-16)10-14-17-18-15(22)20(14)11-6-2-1-3-7-11/h1-9H,10H2,(H,18,22). The molecule has 0 saturated heterocycles. The van der Waals surface area contributed by atoms with Gasteiger partial charge in [0.25, 0.3) is 0 Å². The first-order chi connectivity index (χ1) is 11.2. The van der Waals surface area contributed by atoms with Crippen LogP contribution in [-0.4, -0.2) is 19.3 Å². The first-order valence-corrected chi connectivity index (χ1v) is 8.26. The highest BCUT2D eigenvalue weighted by Crippen LogP contribution is 2.18. The highest BCUT2D eigenvalue weighted by Gasteiger charge is 2.13. The van der Waals surface area contributed by atoms with Crippen LogP contribution in [0.3, 0.4) is 0 Å². The van der Waals surface area contributed by atoms with Crippen LogP contribution >= 0.6 is 23.6 Å². The summed E-state index contributed by atoms with van der Waals surface area (Å²) in [5, 5.41) is 7.13. The second-order valence-electron chi connectivity index (χ2n) is 5.04. The van der Waals surface area contributed by atoms with Crippen LogP contribution in [-0.2, 0) is 6.54 Å². The molecule has 2 heterocycles. The zero-order valence-electron chi connectivity index (χ0n) is 12.0. The summed E-state index contributed by atoms with van der Waals surface area (Å²) in [6.07, 6.45) is 0. The van der Waals surface area contributed by atoms with E-state index < -0.39 is 0 Å². The first-order valence-electron chi connectivity index (χ1n) is 7.04. The lowest BCUT2D eigenvalue weighted by Gasteiger charge is -2.07. The average Bonchev–Trinajstić information content (AvgIpc) is 3.09. The fourth-order valence-corrected chi connectivity index (χ4v) is 3.73. The second-order valence-corrected chi connectivity index (χ2v) is 6.42. The van der Waals surface area contributed by atoms with Gasteiger partial charge in [0.2, 0.25) is 0 Å². The molecule has 2 aromatic heterocycles. The number of aromatic nitrogens is 4. The fourth-order valence-electron chi connectivity index (χ4n) is 2.58. The lowest BCUT2D eigenvalue weighted by Crippen LogP contribution is -2.16. The summed E-state index contributed by atoms with van der Waals surface area (Å²) >= 11 is 6.58. The summed E-state index contributed by atoms with van der Waals surface area (Å²) in [7, 11) is 0. The quantitative estimate of drug-likeness (QED) is 0.582. The third kappa shape index (κ3) is 2.43. The Morgan fingerprint density at radius 1 is 1.09 bits per heavy atom. The average molecular weight is 340 g/mol. The van der Waals surface area contributed by atoms with Crippen molar-refractivity contribution < 1.29 is 0 Å². The Bertz CT molecular complexity index is 1090. The number of benzene rings is 2. The van der Waals surface area contributed by atoms with Gasteiger partial charge in [-0.2, -0.15) is 5.10 Å². The van der Waals surface area contributed by atoms with Gasteiger partial charge in [-0.25, -0.2) is 0 Å². The van der Waals surface area contributed by atoms with Gasteiger partial charge in [-0.05, 0) is 36.5 Å². The molecule has 0 unspecified atom stereocenters. The van der Waals surface area contributed by atoms with Crippen molar-refractivity contribution in [3.8, 4) is 5.69 Å². The Labute approximate surface area is 140 Å². The van der Waals surface area contributed by atoms with Gasteiger partial charge in [-0.1, -0.05) is 41.7 Å². The molecular formula is C16H12N4OS2. The maximum Gasteiger partial charge on any atom is 0.308 e. The van der Waals surface area contributed by atoms with Crippen molar-refractivity contribution in [1.82, 2.24) is 19.3 Å². The summed E-state index contributed by atoms with van der Waals surface area (Å²) in [6.45, 7) is 0.366. The van der Waals surface area contributed by atoms with Crippen LogP contribution in [0.2, 0.25) is 0 Å². The SMILES string of the molecule is O=c1sc2ccccc2n1Cc1n[nH]c(=S)n1-c1ccccc1. The molecule has 0 aliphatic carbocycles. The number of H-pyrrole nitrogens is 1. The van der Waals surface area contributed by atoms with Crippen molar-refractivity contribution in [2.75, 3.05) is 0 Å². The van der Waals surface area contributed by atoms with Crippen LogP contribution in [0, 0.1) is 4.77 Å². The van der Waals surface area contributed by atoms with Crippen molar-refractivity contribution in [2.45, 2.75) is 6.54 Å². The number of thiazole rings is 1. The third-order valence-corrected chi connectivity index (χ3v) is 4.86. The van der Waals surface area contributed by atoms with E-state index in [0.717, 1.165) is 15.9 Å². The Kier molecular flexibility index (Phi) is 3.44. The van der Waals surface area contributed by atoms with Crippen LogP contribution in [0.4, 0.5) is 0 Å². The van der Waals surface area contributed by atoms with E-state index in [1.807, 2.05) is 59.2 Å². The smallest absolute Gasteiger partial charge is 0.291 e. The second kappa shape index (κ2) is 5.60. The molecular weight excluding hydrogens is 328 g/mol. The van der Waals surface area contributed by atoms with Crippen LogP contribution in [0.5, 0.6) is 0 Å². The predicted molar refractivity (Wildman–Crippen MR) is 93.9 cm³/mol. The van der Waals surface area contributed by atoms with E-state index in [4.69, 9.17) is 12.2 Å². The van der Waals surface area contributed by atoms with Crippen LogP contribution in [0.1, 0.15) is 5.82 Å². The van der Waals surface area contributed by atoms with Crippen molar-refractivity contribution in [1.29, 1.82) is 0 Å².